The molecule has 1 aliphatic heterocycles. The average Bonchev–Trinajstić information content (AvgIpc) is 3.32. The van der Waals surface area contributed by atoms with E-state index in [0.717, 1.165) is 22.5 Å². The van der Waals surface area contributed by atoms with Crippen LogP contribution < -0.4 is 4.90 Å². The zero-order valence-corrected chi connectivity index (χ0v) is 18.7. The predicted molar refractivity (Wildman–Crippen MR) is 127 cm³/mol. The number of Topliss-reactive ketones (excluding diaryl/α,β-unsaturated/α-hetero) is 1. The van der Waals surface area contributed by atoms with Gasteiger partial charge in [0.25, 0.3) is 5.78 Å². The maximum Gasteiger partial charge on any atom is 0.301 e. The molecule has 2 heterocycles. The topological polar surface area (TPSA) is 70.5 Å². The number of ketones is 1. The quantitative estimate of drug-likeness (QED) is 0.244. The van der Waals surface area contributed by atoms with Gasteiger partial charge >= 0.3 is 5.91 Å². The van der Waals surface area contributed by atoms with E-state index < -0.39 is 23.5 Å². The molecule has 0 bridgehead atoms. The molecule has 1 unspecified atom stereocenters. The van der Waals surface area contributed by atoms with E-state index in [9.17, 15) is 19.1 Å². The normalized spacial score (nSPS) is 17.8. The van der Waals surface area contributed by atoms with Crippen molar-refractivity contribution in [2.24, 2.45) is 0 Å². The molecular weight excluding hydrogens is 439 g/mol. The third kappa shape index (κ3) is 3.60. The summed E-state index contributed by atoms with van der Waals surface area (Å²) in [5.74, 6) is -2.22. The fraction of sp³-hybridized carbons (Fsp3) is 0.115. The van der Waals surface area contributed by atoms with Gasteiger partial charge in [-0.3, -0.25) is 14.5 Å². The summed E-state index contributed by atoms with van der Waals surface area (Å²) in [7, 11) is 0. The van der Waals surface area contributed by atoms with Crippen molar-refractivity contribution in [3.63, 3.8) is 0 Å². The Hall–Kier alpha value is -3.84. The molecule has 33 heavy (non-hydrogen) atoms. The van der Waals surface area contributed by atoms with E-state index in [2.05, 4.69) is 4.98 Å². The van der Waals surface area contributed by atoms with Gasteiger partial charge in [0.1, 0.15) is 11.6 Å². The van der Waals surface area contributed by atoms with E-state index in [0.29, 0.717) is 21.3 Å². The summed E-state index contributed by atoms with van der Waals surface area (Å²) in [5, 5.41) is 11.4. The molecule has 164 valence electrons. The number of hydrogen-bond acceptors (Lipinski definition) is 5. The Labute approximate surface area is 193 Å². The van der Waals surface area contributed by atoms with Gasteiger partial charge in [-0.2, -0.15) is 0 Å². The number of aromatic nitrogens is 1. The van der Waals surface area contributed by atoms with Gasteiger partial charge in [0, 0.05) is 5.56 Å². The molecule has 1 N–H and O–H groups in total. The number of anilines is 1. The van der Waals surface area contributed by atoms with E-state index in [1.54, 1.807) is 12.1 Å². The van der Waals surface area contributed by atoms with E-state index >= 15 is 0 Å². The summed E-state index contributed by atoms with van der Waals surface area (Å²) < 4.78 is 14.3. The highest BCUT2D eigenvalue weighted by atomic mass is 32.1. The molecule has 0 aliphatic carbocycles. The van der Waals surface area contributed by atoms with Gasteiger partial charge in [-0.25, -0.2) is 9.37 Å². The van der Waals surface area contributed by atoms with Crippen molar-refractivity contribution in [2.75, 3.05) is 4.90 Å². The smallest absolute Gasteiger partial charge is 0.301 e. The van der Waals surface area contributed by atoms with Crippen LogP contribution in [0.1, 0.15) is 28.3 Å². The summed E-state index contributed by atoms with van der Waals surface area (Å²) in [6.07, 6.45) is 0. The Bertz CT molecular complexity index is 1440. The highest BCUT2D eigenvalue weighted by Crippen LogP contribution is 2.44. The van der Waals surface area contributed by atoms with Gasteiger partial charge in [0.05, 0.1) is 21.8 Å². The number of amides is 1. The Morgan fingerprint density at radius 1 is 0.970 bits per heavy atom. The van der Waals surface area contributed by atoms with Crippen molar-refractivity contribution in [1.29, 1.82) is 0 Å². The summed E-state index contributed by atoms with van der Waals surface area (Å²) in [5.41, 5.74) is 3.66. The Kier molecular flexibility index (Phi) is 5.06. The summed E-state index contributed by atoms with van der Waals surface area (Å²) in [6.45, 7) is 3.86. The lowest BCUT2D eigenvalue weighted by atomic mass is 9.94. The molecule has 3 aromatic carbocycles. The molecule has 7 heteroatoms. The lowest BCUT2D eigenvalue weighted by Gasteiger charge is -2.23. The van der Waals surface area contributed by atoms with Crippen molar-refractivity contribution in [1.82, 2.24) is 4.98 Å². The minimum atomic E-state index is -0.864. The van der Waals surface area contributed by atoms with Gasteiger partial charge in [0.2, 0.25) is 0 Å². The van der Waals surface area contributed by atoms with Crippen LogP contribution in [-0.4, -0.2) is 21.8 Å². The van der Waals surface area contributed by atoms with Gasteiger partial charge in [-0.1, -0.05) is 71.0 Å². The fourth-order valence-electron chi connectivity index (χ4n) is 3.95. The number of thiazole rings is 1. The van der Waals surface area contributed by atoms with Crippen LogP contribution in [0.2, 0.25) is 0 Å². The number of rotatable bonds is 3. The number of fused-ring (bicyclic) bond motifs is 1. The first-order valence-corrected chi connectivity index (χ1v) is 11.2. The predicted octanol–water partition coefficient (Wildman–Crippen LogP) is 5.68. The van der Waals surface area contributed by atoms with Crippen LogP contribution in [0.3, 0.4) is 0 Å². The highest BCUT2D eigenvalue weighted by molar-refractivity contribution is 7.22. The molecule has 0 radical (unpaired) electrons. The zero-order chi connectivity index (χ0) is 23.3. The van der Waals surface area contributed by atoms with Crippen LogP contribution in [0.5, 0.6) is 0 Å². The standard InChI is InChI=1S/C26H19FN2O3S/c1-14-3-7-16(8-4-14)22-21(23(30)17-9-5-15(2)6-10-17)24(31)25(32)29(22)26-28-19-12-11-18(27)13-20(19)33-26/h3-13,22,30H,1-2H3. The molecule has 1 aliphatic rings. The lowest BCUT2D eigenvalue weighted by molar-refractivity contribution is -0.132. The molecular formula is C26H19FN2O3S. The van der Waals surface area contributed by atoms with Crippen LogP contribution in [0.4, 0.5) is 9.52 Å². The molecule has 5 nitrogen and oxygen atoms in total. The third-order valence-electron chi connectivity index (χ3n) is 5.71. The van der Waals surface area contributed by atoms with Crippen LogP contribution >= 0.6 is 11.3 Å². The van der Waals surface area contributed by atoms with E-state index in [-0.39, 0.29) is 16.5 Å². The number of nitrogens with zero attached hydrogens (tertiary/aromatic N) is 2. The van der Waals surface area contributed by atoms with Crippen molar-refractivity contribution < 1.29 is 19.1 Å². The van der Waals surface area contributed by atoms with Crippen molar-refractivity contribution in [3.05, 3.63) is 100 Å². The van der Waals surface area contributed by atoms with Crippen molar-refractivity contribution in [2.45, 2.75) is 19.9 Å². The number of benzene rings is 3. The number of aliphatic hydroxyl groups is 1. The molecule has 5 rings (SSSR count). The van der Waals surface area contributed by atoms with Crippen LogP contribution in [0.15, 0.2) is 72.3 Å². The molecule has 1 atom stereocenters. The fourth-order valence-corrected chi connectivity index (χ4v) is 4.97. The molecule has 0 saturated carbocycles. The van der Waals surface area contributed by atoms with Crippen LogP contribution in [-0.2, 0) is 9.59 Å². The largest absolute Gasteiger partial charge is 0.507 e. The van der Waals surface area contributed by atoms with E-state index in [1.807, 2.05) is 50.2 Å². The molecule has 4 aromatic rings. The molecule has 1 amide bonds. The minimum Gasteiger partial charge on any atom is -0.507 e. The van der Waals surface area contributed by atoms with Gasteiger partial charge in [0.15, 0.2) is 5.13 Å². The molecule has 1 fully saturated rings. The first kappa shape index (κ1) is 21.0. The Morgan fingerprint density at radius 2 is 1.61 bits per heavy atom. The van der Waals surface area contributed by atoms with Crippen LogP contribution in [0, 0.1) is 19.7 Å². The third-order valence-corrected chi connectivity index (χ3v) is 6.73. The van der Waals surface area contributed by atoms with Crippen molar-refractivity contribution in [3.8, 4) is 0 Å². The molecule has 1 saturated heterocycles. The summed E-state index contributed by atoms with van der Waals surface area (Å²) in [4.78, 5) is 32.2. The first-order valence-electron chi connectivity index (χ1n) is 10.3. The lowest BCUT2D eigenvalue weighted by Crippen LogP contribution is -2.29. The second kappa shape index (κ2) is 7.94. The van der Waals surface area contributed by atoms with Gasteiger partial charge in [-0.05, 0) is 37.6 Å². The minimum absolute atomic E-state index is 0.00172. The monoisotopic (exact) mass is 458 g/mol. The Balaban J connectivity index is 1.73. The van der Waals surface area contributed by atoms with E-state index in [4.69, 9.17) is 0 Å². The number of halogens is 1. The number of aryl methyl sites for hydroxylation is 2. The van der Waals surface area contributed by atoms with Gasteiger partial charge < -0.3 is 5.11 Å². The van der Waals surface area contributed by atoms with Gasteiger partial charge in [-0.15, -0.1) is 0 Å². The molecule has 1 aromatic heterocycles. The number of carbonyl (C=O) groups excluding carboxylic acids is 2. The second-order valence-corrected chi connectivity index (χ2v) is 9.06. The maximum atomic E-state index is 13.7. The first-order chi connectivity index (χ1) is 15.8. The Morgan fingerprint density at radius 3 is 2.27 bits per heavy atom. The van der Waals surface area contributed by atoms with E-state index in [1.165, 1.54) is 23.1 Å². The second-order valence-electron chi connectivity index (χ2n) is 8.05. The van der Waals surface area contributed by atoms with Crippen molar-refractivity contribution >= 4 is 44.1 Å². The number of carbonyl (C=O) groups is 2. The van der Waals surface area contributed by atoms with Crippen LogP contribution in [0.25, 0.3) is 16.0 Å². The average molecular weight is 459 g/mol. The summed E-state index contributed by atoms with van der Waals surface area (Å²) >= 11 is 1.13. The summed E-state index contributed by atoms with van der Waals surface area (Å²) in [6, 6.07) is 17.8. The zero-order valence-electron chi connectivity index (χ0n) is 17.9. The molecule has 0 spiro atoms. The number of aliphatic hydroxyl groups excluding tert-OH is 1. The maximum absolute atomic E-state index is 13.7. The highest BCUT2D eigenvalue weighted by Gasteiger charge is 2.48. The SMILES string of the molecule is Cc1ccc(C(O)=C2C(=O)C(=O)N(c3nc4ccc(F)cc4s3)C2c2ccc(C)cc2)cc1. The number of hydrogen-bond donors (Lipinski definition) is 1.